The second kappa shape index (κ2) is 10.6. The molecule has 2 heterocycles. The lowest BCUT2D eigenvalue weighted by molar-refractivity contribution is -0.126. The third-order valence-electron chi connectivity index (χ3n) is 7.41. The first kappa shape index (κ1) is 25.9. The fraction of sp³-hybridized carbons (Fsp3) is 0.393. The minimum atomic E-state index is -0.139. The van der Waals surface area contributed by atoms with Crippen LogP contribution in [0.5, 0.6) is 17.2 Å². The number of carbonyl (C=O) groups excluding carboxylic acids is 1. The predicted molar refractivity (Wildman–Crippen MR) is 144 cm³/mol. The molecule has 5 rings (SSSR count). The van der Waals surface area contributed by atoms with E-state index in [4.69, 9.17) is 30.3 Å². The lowest BCUT2D eigenvalue weighted by Gasteiger charge is -2.30. The number of carbonyl (C=O) groups is 1. The number of halogens is 1. The number of pyridine rings is 1. The van der Waals surface area contributed by atoms with Gasteiger partial charge in [0.2, 0.25) is 11.7 Å². The van der Waals surface area contributed by atoms with E-state index in [2.05, 4.69) is 10.5 Å². The first-order valence-electron chi connectivity index (χ1n) is 12.5. The molecule has 1 N–H and O–H groups in total. The Morgan fingerprint density at radius 2 is 1.76 bits per heavy atom. The summed E-state index contributed by atoms with van der Waals surface area (Å²) in [4.78, 5) is 26.6. The van der Waals surface area contributed by atoms with Gasteiger partial charge in [-0.05, 0) is 62.4 Å². The van der Waals surface area contributed by atoms with Crippen molar-refractivity contribution in [3.05, 3.63) is 57.0 Å². The second-order valence-corrected chi connectivity index (χ2v) is 9.94. The van der Waals surface area contributed by atoms with E-state index in [0.717, 1.165) is 11.1 Å². The lowest BCUT2D eigenvalue weighted by atomic mass is 9.85. The van der Waals surface area contributed by atoms with E-state index in [9.17, 15) is 9.59 Å². The van der Waals surface area contributed by atoms with Gasteiger partial charge in [-0.3, -0.25) is 9.59 Å². The molecule has 1 saturated carbocycles. The molecule has 0 bridgehead atoms. The Morgan fingerprint density at radius 3 is 2.39 bits per heavy atom. The van der Waals surface area contributed by atoms with Gasteiger partial charge in [-0.15, -0.1) is 0 Å². The lowest BCUT2D eigenvalue weighted by Crippen LogP contribution is -2.35. The van der Waals surface area contributed by atoms with Crippen molar-refractivity contribution in [2.75, 3.05) is 21.3 Å². The molecule has 4 aromatic rings. The van der Waals surface area contributed by atoms with Crippen LogP contribution >= 0.6 is 11.6 Å². The van der Waals surface area contributed by atoms with Crippen LogP contribution in [0.2, 0.25) is 5.02 Å². The number of methoxy groups -OCH3 is 3. The van der Waals surface area contributed by atoms with Crippen LogP contribution in [0.15, 0.2) is 39.6 Å². The van der Waals surface area contributed by atoms with Gasteiger partial charge in [-0.2, -0.15) is 0 Å². The molecular weight excluding hydrogens is 510 g/mol. The third-order valence-corrected chi connectivity index (χ3v) is 7.72. The number of hydrogen-bond acceptors (Lipinski definition) is 7. The maximum absolute atomic E-state index is 13.6. The number of rotatable bonds is 7. The van der Waals surface area contributed by atoms with Crippen molar-refractivity contribution in [3.63, 3.8) is 0 Å². The summed E-state index contributed by atoms with van der Waals surface area (Å²) in [6.45, 7) is 2.07. The van der Waals surface area contributed by atoms with Crippen LogP contribution in [0, 0.1) is 12.8 Å². The van der Waals surface area contributed by atoms with Crippen molar-refractivity contribution in [1.82, 2.24) is 15.0 Å². The number of amides is 1. The maximum atomic E-state index is 13.6. The summed E-state index contributed by atoms with van der Waals surface area (Å²) in [6, 6.07) is 9.11. The first-order valence-corrected chi connectivity index (χ1v) is 12.9. The normalized spacial score (nSPS) is 17.5. The zero-order valence-electron chi connectivity index (χ0n) is 21.8. The SMILES string of the molecule is COc1cc(CNC(=O)C2CCC(n3c(=O)c4c(C)onc4c4c(Cl)cccc43)CC2)cc(OC)c1OC. The van der Waals surface area contributed by atoms with Gasteiger partial charge < -0.3 is 28.6 Å². The largest absolute Gasteiger partial charge is 0.493 e. The highest BCUT2D eigenvalue weighted by atomic mass is 35.5. The van der Waals surface area contributed by atoms with Crippen LogP contribution in [0.25, 0.3) is 21.8 Å². The van der Waals surface area contributed by atoms with Crippen molar-refractivity contribution in [2.45, 2.75) is 45.2 Å². The highest BCUT2D eigenvalue weighted by Gasteiger charge is 2.30. The minimum absolute atomic E-state index is 0.0113. The Labute approximate surface area is 224 Å². The van der Waals surface area contributed by atoms with Gasteiger partial charge >= 0.3 is 0 Å². The Hall–Kier alpha value is -3.72. The molecule has 0 spiro atoms. The van der Waals surface area contributed by atoms with Gasteiger partial charge in [0.05, 0.1) is 31.9 Å². The molecule has 2 aromatic carbocycles. The summed E-state index contributed by atoms with van der Waals surface area (Å²) >= 11 is 6.54. The van der Waals surface area contributed by atoms with Gasteiger partial charge in [-0.1, -0.05) is 22.8 Å². The molecule has 2 aromatic heterocycles. The topological polar surface area (TPSA) is 105 Å². The molecule has 0 unspecified atom stereocenters. The smallest absolute Gasteiger partial charge is 0.264 e. The quantitative estimate of drug-likeness (QED) is 0.345. The average Bonchev–Trinajstić information content (AvgIpc) is 3.32. The van der Waals surface area contributed by atoms with Gasteiger partial charge in [-0.25, -0.2) is 0 Å². The number of aromatic nitrogens is 2. The van der Waals surface area contributed by atoms with Crippen LogP contribution in [0.3, 0.4) is 0 Å². The van der Waals surface area contributed by atoms with E-state index in [1.807, 2.05) is 28.8 Å². The predicted octanol–water partition coefficient (Wildman–Crippen LogP) is 5.18. The van der Waals surface area contributed by atoms with E-state index >= 15 is 0 Å². The molecule has 10 heteroatoms. The molecule has 38 heavy (non-hydrogen) atoms. The molecular formula is C28H30ClN3O6. The van der Waals surface area contributed by atoms with Gasteiger partial charge in [0.1, 0.15) is 16.7 Å². The van der Waals surface area contributed by atoms with Crippen LogP contribution in [0.4, 0.5) is 0 Å². The van der Waals surface area contributed by atoms with Crippen LogP contribution in [-0.4, -0.2) is 37.0 Å². The van der Waals surface area contributed by atoms with Crippen LogP contribution in [-0.2, 0) is 11.3 Å². The molecule has 9 nitrogen and oxygen atoms in total. The summed E-state index contributed by atoms with van der Waals surface area (Å²) < 4.78 is 23.4. The van der Waals surface area contributed by atoms with Crippen molar-refractivity contribution < 1.29 is 23.5 Å². The molecule has 1 aliphatic rings. The Balaban J connectivity index is 1.32. The van der Waals surface area contributed by atoms with Crippen molar-refractivity contribution in [3.8, 4) is 17.2 Å². The molecule has 1 aliphatic carbocycles. The molecule has 0 radical (unpaired) electrons. The molecule has 0 saturated heterocycles. The van der Waals surface area contributed by atoms with Crippen molar-refractivity contribution >= 4 is 39.3 Å². The van der Waals surface area contributed by atoms with Crippen molar-refractivity contribution in [1.29, 1.82) is 0 Å². The van der Waals surface area contributed by atoms with E-state index in [1.54, 1.807) is 34.3 Å². The summed E-state index contributed by atoms with van der Waals surface area (Å²) in [7, 11) is 4.67. The first-order chi connectivity index (χ1) is 18.4. The number of hydrogen-bond donors (Lipinski definition) is 1. The number of nitrogens with zero attached hydrogens (tertiary/aromatic N) is 2. The fourth-order valence-corrected chi connectivity index (χ4v) is 5.76. The van der Waals surface area contributed by atoms with Crippen LogP contribution < -0.4 is 25.1 Å². The highest BCUT2D eigenvalue weighted by Crippen LogP contribution is 2.39. The van der Waals surface area contributed by atoms with Gasteiger partial charge in [0.25, 0.3) is 5.56 Å². The van der Waals surface area contributed by atoms with E-state index in [1.165, 1.54) is 0 Å². The summed E-state index contributed by atoms with van der Waals surface area (Å²) in [5.74, 6) is 1.90. The molecule has 0 aliphatic heterocycles. The summed E-state index contributed by atoms with van der Waals surface area (Å²) in [5.41, 5.74) is 1.93. The average molecular weight is 540 g/mol. The second-order valence-electron chi connectivity index (χ2n) is 9.53. The number of benzene rings is 2. The monoisotopic (exact) mass is 539 g/mol. The van der Waals surface area contributed by atoms with Gasteiger partial charge in [0.15, 0.2) is 11.5 Å². The minimum Gasteiger partial charge on any atom is -0.493 e. The summed E-state index contributed by atoms with van der Waals surface area (Å²) in [6.07, 6.45) is 2.72. The Morgan fingerprint density at radius 1 is 1.08 bits per heavy atom. The highest BCUT2D eigenvalue weighted by molar-refractivity contribution is 6.37. The molecule has 0 atom stereocenters. The van der Waals surface area contributed by atoms with E-state index in [-0.39, 0.29) is 23.4 Å². The number of ether oxygens (including phenoxy) is 3. The van der Waals surface area contributed by atoms with E-state index < -0.39 is 0 Å². The molecule has 1 fully saturated rings. The zero-order chi connectivity index (χ0) is 27.0. The number of fused-ring (bicyclic) bond motifs is 3. The molecule has 200 valence electrons. The fourth-order valence-electron chi connectivity index (χ4n) is 5.50. The van der Waals surface area contributed by atoms with E-state index in [0.29, 0.717) is 76.5 Å². The van der Waals surface area contributed by atoms with Gasteiger partial charge in [0, 0.05) is 23.9 Å². The third kappa shape index (κ3) is 4.45. The number of nitrogens with one attached hydrogen (secondary N) is 1. The zero-order valence-corrected chi connectivity index (χ0v) is 22.6. The Bertz CT molecular complexity index is 1540. The maximum Gasteiger partial charge on any atom is 0.264 e. The standard InChI is InChI=1S/C28H30ClN3O6/c1-15-23-25(31-38-15)24-19(29)6-5-7-20(24)32(28(23)34)18-10-8-17(9-11-18)27(33)30-14-16-12-21(35-2)26(37-4)22(13-16)36-3/h5-7,12-13,17-18H,8-11,14H2,1-4H3,(H,30,33). The Kier molecular flexibility index (Phi) is 7.21. The van der Waals surface area contributed by atoms with Crippen LogP contribution in [0.1, 0.15) is 43.0 Å². The summed E-state index contributed by atoms with van der Waals surface area (Å²) in [5, 5.41) is 8.85. The number of aryl methyl sites for hydroxylation is 1. The van der Waals surface area contributed by atoms with Crippen molar-refractivity contribution in [2.24, 2.45) is 5.92 Å². The molecule has 1 amide bonds.